The van der Waals surface area contributed by atoms with E-state index in [1.165, 1.54) is 0 Å². The van der Waals surface area contributed by atoms with Gasteiger partial charge in [0.05, 0.1) is 19.4 Å². The van der Waals surface area contributed by atoms with Crippen molar-refractivity contribution < 1.29 is 14.4 Å². The highest BCUT2D eigenvalue weighted by atomic mass is 32.1. The number of nitrogens with zero attached hydrogens (tertiary/aromatic N) is 1. The molecule has 1 heterocycles. The Morgan fingerprint density at radius 2 is 2.18 bits per heavy atom. The topological polar surface area (TPSA) is 59.9 Å². The summed E-state index contributed by atoms with van der Waals surface area (Å²) in [6, 6.07) is 11.2. The second kappa shape index (κ2) is 8.19. The fraction of sp³-hybridized carbons (Fsp3) is 0.250. The van der Waals surface area contributed by atoms with Crippen LogP contribution in [0.5, 0.6) is 5.75 Å². The Labute approximate surface area is 133 Å². The van der Waals surface area contributed by atoms with Gasteiger partial charge in [-0.15, -0.1) is 11.3 Å². The molecule has 1 aromatic heterocycles. The molecule has 2 rings (SSSR count). The summed E-state index contributed by atoms with van der Waals surface area (Å²) in [7, 11) is 1.61. The van der Waals surface area contributed by atoms with Crippen LogP contribution in [0.3, 0.4) is 0 Å². The molecule has 0 spiro atoms. The number of hydrogen-bond acceptors (Lipinski definition) is 5. The summed E-state index contributed by atoms with van der Waals surface area (Å²) in [6.45, 7) is 1.77. The third-order valence-electron chi connectivity index (χ3n) is 2.98. The Morgan fingerprint density at radius 1 is 1.36 bits per heavy atom. The first-order chi connectivity index (χ1) is 10.7. The van der Waals surface area contributed by atoms with Crippen LogP contribution in [0.15, 0.2) is 46.9 Å². The summed E-state index contributed by atoms with van der Waals surface area (Å²) in [4.78, 5) is 17.8. The summed E-state index contributed by atoms with van der Waals surface area (Å²) < 4.78 is 5.28. The number of para-hydroxylation sites is 1. The quantitative estimate of drug-likeness (QED) is 0.630. The highest BCUT2D eigenvalue weighted by Gasteiger charge is 2.13. The van der Waals surface area contributed by atoms with E-state index in [0.29, 0.717) is 0 Å². The van der Waals surface area contributed by atoms with Gasteiger partial charge in [0.2, 0.25) is 0 Å². The zero-order valence-corrected chi connectivity index (χ0v) is 13.3. The Bertz CT molecular complexity index is 626. The molecule has 116 valence electrons. The predicted molar refractivity (Wildman–Crippen MR) is 87.4 cm³/mol. The molecular formula is C16H18N2O3S. The lowest BCUT2D eigenvalue weighted by atomic mass is 10.1. The minimum absolute atomic E-state index is 0.124. The van der Waals surface area contributed by atoms with Gasteiger partial charge in [0.1, 0.15) is 5.75 Å². The monoisotopic (exact) mass is 318 g/mol. The van der Waals surface area contributed by atoms with E-state index in [2.05, 4.69) is 10.5 Å². The fourth-order valence-electron chi connectivity index (χ4n) is 1.93. The van der Waals surface area contributed by atoms with Crippen LogP contribution in [0.2, 0.25) is 0 Å². The molecule has 1 N–H and O–H groups in total. The first kappa shape index (κ1) is 16.0. The maximum absolute atomic E-state index is 11.8. The molecule has 1 unspecified atom stereocenters. The number of amides is 1. The van der Waals surface area contributed by atoms with E-state index in [1.807, 2.05) is 48.7 Å². The molecule has 0 aliphatic rings. The third-order valence-corrected chi connectivity index (χ3v) is 3.78. The molecule has 0 aliphatic heterocycles. The lowest BCUT2D eigenvalue weighted by molar-refractivity contribution is -0.126. The van der Waals surface area contributed by atoms with Crippen molar-refractivity contribution in [2.75, 3.05) is 13.7 Å². The van der Waals surface area contributed by atoms with E-state index >= 15 is 0 Å². The number of rotatable bonds is 7. The number of methoxy groups -OCH3 is 1. The number of nitrogens with one attached hydrogen (secondary N) is 1. The van der Waals surface area contributed by atoms with E-state index in [4.69, 9.17) is 9.57 Å². The highest BCUT2D eigenvalue weighted by molar-refractivity contribution is 7.11. The van der Waals surface area contributed by atoms with Crippen molar-refractivity contribution in [2.24, 2.45) is 5.16 Å². The number of carbonyl (C=O) groups is 1. The van der Waals surface area contributed by atoms with Crippen molar-refractivity contribution in [3.8, 4) is 5.75 Å². The molecule has 0 radical (unpaired) electrons. The molecule has 0 saturated heterocycles. The van der Waals surface area contributed by atoms with Crippen molar-refractivity contribution in [3.05, 3.63) is 52.2 Å². The number of hydrogen-bond donors (Lipinski definition) is 1. The van der Waals surface area contributed by atoms with Crippen LogP contribution in [0.4, 0.5) is 0 Å². The maximum Gasteiger partial charge on any atom is 0.261 e. The van der Waals surface area contributed by atoms with Crippen LogP contribution in [-0.2, 0) is 9.63 Å². The molecule has 1 atom stereocenters. The van der Waals surface area contributed by atoms with Crippen LogP contribution in [-0.4, -0.2) is 25.8 Å². The maximum atomic E-state index is 11.8. The number of ether oxygens (including phenoxy) is 1. The second-order valence-corrected chi connectivity index (χ2v) is 5.53. The van der Waals surface area contributed by atoms with E-state index < -0.39 is 0 Å². The van der Waals surface area contributed by atoms with Gasteiger partial charge in [-0.3, -0.25) is 4.79 Å². The van der Waals surface area contributed by atoms with Crippen molar-refractivity contribution in [3.63, 3.8) is 0 Å². The second-order valence-electron chi connectivity index (χ2n) is 4.55. The Balaban J connectivity index is 1.81. The van der Waals surface area contributed by atoms with Crippen molar-refractivity contribution >= 4 is 23.5 Å². The molecule has 1 amide bonds. The minimum Gasteiger partial charge on any atom is -0.496 e. The molecule has 2 aromatic rings. The van der Waals surface area contributed by atoms with Gasteiger partial charge in [-0.25, -0.2) is 0 Å². The third kappa shape index (κ3) is 4.60. The average molecular weight is 318 g/mol. The summed E-state index contributed by atoms with van der Waals surface area (Å²) in [6.07, 6.45) is 1.58. The number of carbonyl (C=O) groups excluding carboxylic acids is 1. The van der Waals surface area contributed by atoms with E-state index in [-0.39, 0.29) is 18.6 Å². The summed E-state index contributed by atoms with van der Waals surface area (Å²) in [5.41, 5.74) is 0.917. The van der Waals surface area contributed by atoms with Gasteiger partial charge in [0.15, 0.2) is 6.61 Å². The number of benzene rings is 1. The Kier molecular flexibility index (Phi) is 5.97. The molecule has 0 bridgehead atoms. The molecule has 1 aromatic carbocycles. The summed E-state index contributed by atoms with van der Waals surface area (Å²) >= 11 is 1.55. The summed E-state index contributed by atoms with van der Waals surface area (Å²) in [5, 5.41) is 8.56. The lowest BCUT2D eigenvalue weighted by Gasteiger charge is -2.16. The number of oxime groups is 1. The van der Waals surface area contributed by atoms with E-state index in [0.717, 1.165) is 16.2 Å². The van der Waals surface area contributed by atoms with Crippen LogP contribution >= 0.6 is 11.3 Å². The Morgan fingerprint density at radius 3 is 2.91 bits per heavy atom. The normalized spacial score (nSPS) is 12.1. The summed E-state index contributed by atoms with van der Waals surface area (Å²) in [5.74, 6) is 0.508. The smallest absolute Gasteiger partial charge is 0.261 e. The Hall–Kier alpha value is -2.34. The van der Waals surface area contributed by atoms with Crippen LogP contribution < -0.4 is 10.1 Å². The van der Waals surface area contributed by atoms with Gasteiger partial charge in [-0.05, 0) is 24.4 Å². The van der Waals surface area contributed by atoms with Gasteiger partial charge < -0.3 is 14.9 Å². The lowest BCUT2D eigenvalue weighted by Crippen LogP contribution is -2.29. The minimum atomic E-state index is -0.235. The molecule has 0 aliphatic carbocycles. The fourth-order valence-corrected chi connectivity index (χ4v) is 2.51. The highest BCUT2D eigenvalue weighted by Crippen LogP contribution is 2.24. The van der Waals surface area contributed by atoms with E-state index in [1.54, 1.807) is 24.7 Å². The van der Waals surface area contributed by atoms with Gasteiger partial charge >= 0.3 is 0 Å². The van der Waals surface area contributed by atoms with Crippen molar-refractivity contribution in [1.29, 1.82) is 0 Å². The van der Waals surface area contributed by atoms with Crippen molar-refractivity contribution in [1.82, 2.24) is 5.32 Å². The SMILES string of the molecule is COc1ccccc1C(C)NC(=O)CO/N=C/c1cccs1. The van der Waals surface area contributed by atoms with Crippen molar-refractivity contribution in [2.45, 2.75) is 13.0 Å². The predicted octanol–water partition coefficient (Wildman–Crippen LogP) is 2.98. The zero-order valence-electron chi connectivity index (χ0n) is 12.5. The molecular weight excluding hydrogens is 300 g/mol. The standard InChI is InChI=1S/C16H18N2O3S/c1-12(14-7-3-4-8-15(14)20-2)18-16(19)11-21-17-10-13-6-5-9-22-13/h3-10,12H,11H2,1-2H3,(H,18,19)/b17-10+. The van der Waals surface area contributed by atoms with Crippen LogP contribution in [0, 0.1) is 0 Å². The van der Waals surface area contributed by atoms with Gasteiger partial charge in [-0.1, -0.05) is 29.4 Å². The molecule has 5 nitrogen and oxygen atoms in total. The van der Waals surface area contributed by atoms with Gasteiger partial charge in [-0.2, -0.15) is 0 Å². The van der Waals surface area contributed by atoms with E-state index in [9.17, 15) is 4.79 Å². The van der Waals surface area contributed by atoms with Gasteiger partial charge in [0, 0.05) is 10.4 Å². The van der Waals surface area contributed by atoms with Crippen LogP contribution in [0.1, 0.15) is 23.4 Å². The first-order valence-corrected chi connectivity index (χ1v) is 7.70. The van der Waals surface area contributed by atoms with Gasteiger partial charge in [0.25, 0.3) is 5.91 Å². The zero-order chi connectivity index (χ0) is 15.8. The number of thiophene rings is 1. The van der Waals surface area contributed by atoms with Crippen LogP contribution in [0.25, 0.3) is 0 Å². The first-order valence-electron chi connectivity index (χ1n) is 6.82. The average Bonchev–Trinajstić information content (AvgIpc) is 3.04. The molecule has 22 heavy (non-hydrogen) atoms. The molecule has 6 heteroatoms. The molecule has 0 fully saturated rings. The largest absolute Gasteiger partial charge is 0.496 e. The molecule has 0 saturated carbocycles.